The van der Waals surface area contributed by atoms with Gasteiger partial charge in [-0.25, -0.2) is 0 Å². The van der Waals surface area contributed by atoms with Gasteiger partial charge in [-0.15, -0.1) is 0 Å². The van der Waals surface area contributed by atoms with Crippen LogP contribution in [-0.2, 0) is 0 Å². The number of hydrogen-bond acceptors (Lipinski definition) is 4. The van der Waals surface area contributed by atoms with Crippen molar-refractivity contribution in [3.63, 3.8) is 0 Å². The Hall–Kier alpha value is -0.555. The molecule has 0 aliphatic carbocycles. The van der Waals surface area contributed by atoms with Crippen molar-refractivity contribution in [1.29, 1.82) is 0 Å². The molecule has 100 valence electrons. The smallest absolute Gasteiger partial charge is 0.373 e. The number of aliphatic hydroxyl groups excluding tert-OH is 1. The minimum absolute atomic E-state index is 0.000648. The van der Waals surface area contributed by atoms with Crippen molar-refractivity contribution in [2.75, 3.05) is 20.3 Å². The maximum atomic E-state index is 9.48. The number of aliphatic hydroxyl groups is 1. The number of ether oxygens (including phenoxy) is 1. The molecule has 6 heteroatoms. The van der Waals surface area contributed by atoms with Crippen molar-refractivity contribution in [2.24, 2.45) is 0 Å². The zero-order valence-electron chi connectivity index (χ0n) is 10.7. The third-order valence-electron chi connectivity index (χ3n) is 2.79. The molecular weight excluding hydrogens is 297 g/mol. The second-order valence-electron chi connectivity index (χ2n) is 4.18. The molecule has 1 rings (SSSR count). The molecule has 0 spiro atoms. The van der Waals surface area contributed by atoms with Gasteiger partial charge in [-0.05, 0) is 37.5 Å². The monoisotopic (exact) mass is 315 g/mol. The minimum atomic E-state index is -0.531. The van der Waals surface area contributed by atoms with Gasteiger partial charge >= 0.3 is 7.05 Å². The predicted octanol–water partition coefficient (Wildman–Crippen LogP) is 1.62. The van der Waals surface area contributed by atoms with Crippen molar-refractivity contribution < 1.29 is 14.9 Å². The predicted molar refractivity (Wildman–Crippen MR) is 77.0 cm³/mol. The Morgan fingerprint density at radius 2 is 2.22 bits per heavy atom. The van der Waals surface area contributed by atoms with E-state index in [0.29, 0.717) is 6.54 Å². The lowest BCUT2D eigenvalue weighted by Crippen LogP contribution is -2.32. The fourth-order valence-electron chi connectivity index (χ4n) is 1.83. The molecule has 1 aromatic carbocycles. The van der Waals surface area contributed by atoms with Gasteiger partial charge in [0.1, 0.15) is 5.75 Å². The molecule has 0 bridgehead atoms. The number of nitrogens with one attached hydrogen (secondary N) is 1. The van der Waals surface area contributed by atoms with Crippen LogP contribution in [0, 0.1) is 0 Å². The van der Waals surface area contributed by atoms with Gasteiger partial charge in [-0.1, -0.05) is 22.0 Å². The van der Waals surface area contributed by atoms with E-state index < -0.39 is 7.05 Å². The molecule has 4 nitrogen and oxygen atoms in total. The van der Waals surface area contributed by atoms with Crippen LogP contribution in [0.5, 0.6) is 5.75 Å². The van der Waals surface area contributed by atoms with Crippen LogP contribution in [0.15, 0.2) is 22.7 Å². The summed E-state index contributed by atoms with van der Waals surface area (Å²) in [5.41, 5.74) is 0.982. The van der Waals surface area contributed by atoms with Gasteiger partial charge in [0.2, 0.25) is 0 Å². The van der Waals surface area contributed by atoms with Crippen LogP contribution in [-0.4, -0.2) is 37.4 Å². The maximum absolute atomic E-state index is 9.48. The normalized spacial score (nSPS) is 12.3. The van der Waals surface area contributed by atoms with Crippen molar-refractivity contribution in [1.82, 2.24) is 5.23 Å². The Balaban J connectivity index is 2.75. The van der Waals surface area contributed by atoms with E-state index in [2.05, 4.69) is 21.2 Å². The molecule has 0 radical (unpaired) electrons. The van der Waals surface area contributed by atoms with Crippen LogP contribution in [0.25, 0.3) is 0 Å². The van der Waals surface area contributed by atoms with Gasteiger partial charge < -0.3 is 20.1 Å². The molecule has 3 N–H and O–H groups in total. The van der Waals surface area contributed by atoms with E-state index in [4.69, 9.17) is 9.76 Å². The highest BCUT2D eigenvalue weighted by Gasteiger charge is 2.16. The molecule has 0 unspecified atom stereocenters. The Morgan fingerprint density at radius 3 is 2.78 bits per heavy atom. The average molecular weight is 316 g/mol. The molecule has 18 heavy (non-hydrogen) atoms. The standard InChI is InChI=1S/C12H19BBrNO3/c1-13(17)15-6-5-9(8-16)11-4-3-10(14)7-12(11)18-2/h3-4,7,9,15-17H,5-6,8H2,1-2H3/t9-/m1/s1. The maximum Gasteiger partial charge on any atom is 0.373 e. The summed E-state index contributed by atoms with van der Waals surface area (Å²) < 4.78 is 6.27. The molecule has 0 amide bonds. The van der Waals surface area contributed by atoms with Crippen LogP contribution < -0.4 is 9.96 Å². The molecule has 0 fully saturated rings. The average Bonchev–Trinajstić information content (AvgIpc) is 2.34. The van der Waals surface area contributed by atoms with Gasteiger partial charge in [-0.3, -0.25) is 0 Å². The largest absolute Gasteiger partial charge is 0.496 e. The van der Waals surface area contributed by atoms with E-state index in [1.54, 1.807) is 13.9 Å². The Bertz CT molecular complexity index is 376. The second-order valence-corrected chi connectivity index (χ2v) is 5.10. The van der Waals surface area contributed by atoms with Crippen molar-refractivity contribution >= 4 is 23.0 Å². The third-order valence-corrected chi connectivity index (χ3v) is 3.28. The summed E-state index contributed by atoms with van der Waals surface area (Å²) in [5, 5.41) is 21.5. The van der Waals surface area contributed by atoms with Gasteiger partial charge in [0.05, 0.1) is 13.7 Å². The van der Waals surface area contributed by atoms with Crippen LogP contribution in [0.4, 0.5) is 0 Å². The van der Waals surface area contributed by atoms with E-state index in [-0.39, 0.29) is 12.5 Å². The van der Waals surface area contributed by atoms with E-state index in [1.165, 1.54) is 0 Å². The number of hydrogen-bond donors (Lipinski definition) is 3. The first-order valence-corrected chi connectivity index (χ1v) is 6.73. The van der Waals surface area contributed by atoms with E-state index in [9.17, 15) is 5.11 Å². The van der Waals surface area contributed by atoms with Crippen LogP contribution in [0.3, 0.4) is 0 Å². The Labute approximate surface area is 117 Å². The lowest BCUT2D eigenvalue weighted by molar-refractivity contribution is 0.256. The quantitative estimate of drug-likeness (QED) is 0.669. The van der Waals surface area contributed by atoms with Crippen LogP contribution >= 0.6 is 15.9 Å². The molecular formula is C12H19BBrNO3. The van der Waals surface area contributed by atoms with Gasteiger partial charge in [0, 0.05) is 10.4 Å². The zero-order chi connectivity index (χ0) is 13.5. The molecule has 1 atom stereocenters. The number of benzene rings is 1. The SMILES string of the molecule is COc1cc(Br)ccc1[C@@H](CO)CCNB(C)O. The molecule has 0 heterocycles. The summed E-state index contributed by atoms with van der Waals surface area (Å²) in [5.74, 6) is 0.764. The summed E-state index contributed by atoms with van der Waals surface area (Å²) in [6.07, 6.45) is 0.736. The second kappa shape index (κ2) is 7.79. The highest BCUT2D eigenvalue weighted by Crippen LogP contribution is 2.31. The van der Waals surface area contributed by atoms with Crippen LogP contribution in [0.2, 0.25) is 6.82 Å². The molecule has 0 saturated carbocycles. The fraction of sp³-hybridized carbons (Fsp3) is 0.500. The van der Waals surface area contributed by atoms with Gasteiger partial charge in [0.15, 0.2) is 0 Å². The Kier molecular flexibility index (Phi) is 6.71. The first kappa shape index (κ1) is 15.5. The summed E-state index contributed by atoms with van der Waals surface area (Å²) in [6.45, 7) is 2.37. The molecule has 0 aromatic heterocycles. The topological polar surface area (TPSA) is 61.7 Å². The van der Waals surface area contributed by atoms with Crippen molar-refractivity contribution in [2.45, 2.75) is 19.2 Å². The summed E-state index contributed by atoms with van der Waals surface area (Å²) in [4.78, 5) is 0. The number of methoxy groups -OCH3 is 1. The highest BCUT2D eigenvalue weighted by atomic mass is 79.9. The fourth-order valence-corrected chi connectivity index (χ4v) is 2.17. The first-order chi connectivity index (χ1) is 8.58. The van der Waals surface area contributed by atoms with Crippen LogP contribution in [0.1, 0.15) is 17.9 Å². The molecule has 0 aliphatic heterocycles. The molecule has 1 aromatic rings. The van der Waals surface area contributed by atoms with E-state index >= 15 is 0 Å². The third kappa shape index (κ3) is 4.61. The Morgan fingerprint density at radius 1 is 1.50 bits per heavy atom. The summed E-state index contributed by atoms with van der Waals surface area (Å²) in [6, 6.07) is 5.77. The highest BCUT2D eigenvalue weighted by molar-refractivity contribution is 9.10. The van der Waals surface area contributed by atoms with Crippen molar-refractivity contribution in [3.8, 4) is 5.75 Å². The van der Waals surface area contributed by atoms with Crippen molar-refractivity contribution in [3.05, 3.63) is 28.2 Å². The van der Waals surface area contributed by atoms with Gasteiger partial charge in [0.25, 0.3) is 0 Å². The lowest BCUT2D eigenvalue weighted by Gasteiger charge is -2.18. The molecule has 0 saturated heterocycles. The summed E-state index contributed by atoms with van der Waals surface area (Å²) in [7, 11) is 1.09. The van der Waals surface area contributed by atoms with Gasteiger partial charge in [-0.2, -0.15) is 0 Å². The number of rotatable bonds is 7. The number of halogens is 1. The lowest BCUT2D eigenvalue weighted by atomic mass is 9.87. The minimum Gasteiger partial charge on any atom is -0.496 e. The molecule has 0 aliphatic rings. The zero-order valence-corrected chi connectivity index (χ0v) is 12.3. The first-order valence-electron chi connectivity index (χ1n) is 5.94. The summed E-state index contributed by atoms with van der Waals surface area (Å²) >= 11 is 3.39. The van der Waals surface area contributed by atoms with E-state index in [1.807, 2.05) is 18.2 Å². The van der Waals surface area contributed by atoms with E-state index in [0.717, 1.165) is 22.2 Å².